The lowest BCUT2D eigenvalue weighted by molar-refractivity contribution is -0.136. The van der Waals surface area contributed by atoms with Crippen molar-refractivity contribution >= 4 is 29.6 Å². The van der Waals surface area contributed by atoms with E-state index in [-0.39, 0.29) is 30.5 Å². The number of halogens is 1. The Morgan fingerprint density at radius 1 is 1.22 bits per heavy atom. The number of benzene rings is 1. The molecule has 6 nitrogen and oxygen atoms in total. The van der Waals surface area contributed by atoms with Crippen LogP contribution in [0, 0.1) is 5.82 Å². The van der Waals surface area contributed by atoms with Crippen molar-refractivity contribution in [3.8, 4) is 0 Å². The van der Waals surface area contributed by atoms with E-state index in [1.807, 2.05) is 13.8 Å². The normalized spacial score (nSPS) is 21.6. The van der Waals surface area contributed by atoms with Gasteiger partial charge in [0.1, 0.15) is 17.6 Å². The van der Waals surface area contributed by atoms with Crippen LogP contribution in [0.2, 0.25) is 0 Å². The van der Waals surface area contributed by atoms with Gasteiger partial charge in [-0.2, -0.15) is 0 Å². The SMILES string of the molecule is CCN(CC)C(=O)CN1C(=O)N(Cc2ccccc2F)C(=O)C2SC=CC21. The molecule has 2 aliphatic heterocycles. The van der Waals surface area contributed by atoms with Crippen molar-refractivity contribution in [2.24, 2.45) is 0 Å². The van der Waals surface area contributed by atoms with E-state index in [0.717, 1.165) is 4.90 Å². The van der Waals surface area contributed by atoms with E-state index >= 15 is 0 Å². The fraction of sp³-hybridized carbons (Fsp3) is 0.421. The van der Waals surface area contributed by atoms with Crippen molar-refractivity contribution in [1.29, 1.82) is 0 Å². The van der Waals surface area contributed by atoms with E-state index in [1.54, 1.807) is 34.6 Å². The van der Waals surface area contributed by atoms with Crippen LogP contribution in [0.1, 0.15) is 19.4 Å². The third-order valence-electron chi connectivity index (χ3n) is 4.87. The van der Waals surface area contributed by atoms with Crippen LogP contribution in [0.4, 0.5) is 9.18 Å². The molecule has 144 valence electrons. The summed E-state index contributed by atoms with van der Waals surface area (Å²) in [4.78, 5) is 42.5. The minimum absolute atomic E-state index is 0.104. The third-order valence-corrected chi connectivity index (χ3v) is 5.95. The molecular formula is C19H22FN3O3S. The van der Waals surface area contributed by atoms with Crippen molar-refractivity contribution in [2.75, 3.05) is 19.6 Å². The van der Waals surface area contributed by atoms with Gasteiger partial charge in [-0.3, -0.25) is 14.5 Å². The Morgan fingerprint density at radius 3 is 2.59 bits per heavy atom. The summed E-state index contributed by atoms with van der Waals surface area (Å²) in [5.74, 6) is -0.990. The van der Waals surface area contributed by atoms with Crippen LogP contribution >= 0.6 is 11.8 Å². The van der Waals surface area contributed by atoms with Crippen LogP contribution in [-0.4, -0.2) is 63.5 Å². The number of urea groups is 1. The molecule has 1 aromatic rings. The minimum Gasteiger partial charge on any atom is -0.342 e. The van der Waals surface area contributed by atoms with Gasteiger partial charge >= 0.3 is 6.03 Å². The van der Waals surface area contributed by atoms with Gasteiger partial charge < -0.3 is 9.80 Å². The lowest BCUT2D eigenvalue weighted by atomic mass is 10.1. The summed E-state index contributed by atoms with van der Waals surface area (Å²) in [5.41, 5.74) is 0.267. The van der Waals surface area contributed by atoms with Gasteiger partial charge in [0, 0.05) is 18.7 Å². The highest BCUT2D eigenvalue weighted by molar-refractivity contribution is 8.03. The fourth-order valence-corrected chi connectivity index (χ4v) is 4.39. The van der Waals surface area contributed by atoms with Crippen molar-refractivity contribution in [3.63, 3.8) is 0 Å². The number of imide groups is 1. The molecule has 3 rings (SSSR count). The molecule has 8 heteroatoms. The first-order chi connectivity index (χ1) is 13.0. The first-order valence-corrected chi connectivity index (χ1v) is 9.87. The number of amides is 4. The Hall–Kier alpha value is -2.35. The first kappa shape index (κ1) is 19.4. The maximum absolute atomic E-state index is 14.0. The maximum Gasteiger partial charge on any atom is 0.328 e. The average molecular weight is 391 g/mol. The lowest BCUT2D eigenvalue weighted by Gasteiger charge is -2.41. The Bertz CT molecular complexity index is 781. The van der Waals surface area contributed by atoms with Crippen molar-refractivity contribution < 1.29 is 18.8 Å². The molecule has 0 aromatic heterocycles. The van der Waals surface area contributed by atoms with Crippen molar-refractivity contribution in [1.82, 2.24) is 14.7 Å². The highest BCUT2D eigenvalue weighted by Gasteiger charge is 2.48. The zero-order valence-electron chi connectivity index (χ0n) is 15.3. The van der Waals surface area contributed by atoms with Crippen molar-refractivity contribution in [2.45, 2.75) is 31.7 Å². The predicted octanol–water partition coefficient (Wildman–Crippen LogP) is 2.46. The van der Waals surface area contributed by atoms with Gasteiger partial charge in [0.05, 0.1) is 12.6 Å². The predicted molar refractivity (Wildman–Crippen MR) is 101 cm³/mol. The van der Waals surface area contributed by atoms with Crippen molar-refractivity contribution in [3.05, 3.63) is 47.1 Å². The van der Waals surface area contributed by atoms with Gasteiger partial charge in [0.25, 0.3) is 0 Å². The van der Waals surface area contributed by atoms with Crippen LogP contribution < -0.4 is 0 Å². The number of rotatable bonds is 6. The molecule has 2 unspecified atom stereocenters. The molecule has 0 saturated carbocycles. The molecule has 2 heterocycles. The van der Waals surface area contributed by atoms with Gasteiger partial charge in [-0.1, -0.05) is 24.3 Å². The van der Waals surface area contributed by atoms with E-state index in [9.17, 15) is 18.8 Å². The molecule has 0 radical (unpaired) electrons. The Labute approximate surface area is 162 Å². The second kappa shape index (κ2) is 8.12. The minimum atomic E-state index is -0.558. The Morgan fingerprint density at radius 2 is 1.93 bits per heavy atom. The first-order valence-electron chi connectivity index (χ1n) is 8.93. The van der Waals surface area contributed by atoms with Gasteiger partial charge in [-0.25, -0.2) is 9.18 Å². The van der Waals surface area contributed by atoms with E-state index in [4.69, 9.17) is 0 Å². The molecule has 0 spiro atoms. The number of hydrogen-bond acceptors (Lipinski definition) is 4. The summed E-state index contributed by atoms with van der Waals surface area (Å²) < 4.78 is 14.0. The second-order valence-electron chi connectivity index (χ2n) is 6.37. The smallest absolute Gasteiger partial charge is 0.328 e. The molecule has 0 bridgehead atoms. The largest absolute Gasteiger partial charge is 0.342 e. The maximum atomic E-state index is 14.0. The van der Waals surface area contributed by atoms with Crippen LogP contribution in [0.5, 0.6) is 0 Å². The van der Waals surface area contributed by atoms with Gasteiger partial charge in [-0.05, 0) is 25.3 Å². The summed E-state index contributed by atoms with van der Waals surface area (Å²) in [6, 6.07) is 5.05. The molecule has 4 amide bonds. The molecule has 0 aliphatic carbocycles. The van der Waals surface area contributed by atoms with Gasteiger partial charge in [0.2, 0.25) is 11.8 Å². The summed E-state index contributed by atoms with van der Waals surface area (Å²) in [6.07, 6.45) is 1.78. The summed E-state index contributed by atoms with van der Waals surface area (Å²) in [7, 11) is 0. The number of thioether (sulfide) groups is 1. The van der Waals surface area contributed by atoms with Gasteiger partial charge in [-0.15, -0.1) is 11.8 Å². The Balaban J connectivity index is 1.85. The number of likely N-dealkylation sites (N-methyl/N-ethyl adjacent to an activating group) is 1. The monoisotopic (exact) mass is 391 g/mol. The summed E-state index contributed by atoms with van der Waals surface area (Å²) in [5, 5.41) is 1.28. The Kier molecular flexibility index (Phi) is 5.84. The zero-order valence-corrected chi connectivity index (χ0v) is 16.1. The highest BCUT2D eigenvalue weighted by atomic mass is 32.2. The molecule has 27 heavy (non-hydrogen) atoms. The quantitative estimate of drug-likeness (QED) is 0.747. The van der Waals surface area contributed by atoms with E-state index in [1.165, 1.54) is 22.7 Å². The van der Waals surface area contributed by atoms with E-state index in [0.29, 0.717) is 13.1 Å². The van der Waals surface area contributed by atoms with E-state index in [2.05, 4.69) is 0 Å². The van der Waals surface area contributed by atoms with Crippen LogP contribution in [0.15, 0.2) is 35.7 Å². The van der Waals surface area contributed by atoms with Gasteiger partial charge in [0.15, 0.2) is 0 Å². The second-order valence-corrected chi connectivity index (χ2v) is 7.42. The molecule has 1 aromatic carbocycles. The molecule has 1 fully saturated rings. The molecule has 1 saturated heterocycles. The van der Waals surface area contributed by atoms with E-state index < -0.39 is 23.1 Å². The number of hydrogen-bond donors (Lipinski definition) is 0. The topological polar surface area (TPSA) is 60.9 Å². The molecule has 0 N–H and O–H groups in total. The lowest BCUT2D eigenvalue weighted by Crippen LogP contribution is -2.63. The zero-order chi connectivity index (χ0) is 19.6. The summed E-state index contributed by atoms with van der Waals surface area (Å²) >= 11 is 1.32. The molecule has 2 atom stereocenters. The standard InChI is InChI=1S/C19H22FN3O3S/c1-3-21(4-2)16(24)12-22-15-9-10-27-17(15)18(25)23(19(22)26)11-13-7-5-6-8-14(13)20/h5-10,15,17H,3-4,11-12H2,1-2H3. The van der Waals surface area contributed by atoms with Crippen LogP contribution in [0.25, 0.3) is 0 Å². The average Bonchev–Trinajstić information content (AvgIpc) is 3.14. The molecular weight excluding hydrogens is 369 g/mol. The number of carbonyl (C=O) groups excluding carboxylic acids is 3. The number of carbonyl (C=O) groups is 3. The van der Waals surface area contributed by atoms with Crippen LogP contribution in [-0.2, 0) is 16.1 Å². The number of nitrogens with zero attached hydrogens (tertiary/aromatic N) is 3. The highest BCUT2D eigenvalue weighted by Crippen LogP contribution is 2.35. The van der Waals surface area contributed by atoms with Crippen LogP contribution in [0.3, 0.4) is 0 Å². The number of fused-ring (bicyclic) bond motifs is 1. The summed E-state index contributed by atoms with van der Waals surface area (Å²) in [6.45, 7) is 4.60. The fourth-order valence-electron chi connectivity index (χ4n) is 3.33. The molecule has 2 aliphatic rings. The third kappa shape index (κ3) is 3.71.